The van der Waals surface area contributed by atoms with Gasteiger partial charge in [0.25, 0.3) is 5.91 Å². The Balaban J connectivity index is 1.87. The number of ether oxygens (including phenoxy) is 1. The van der Waals surface area contributed by atoms with Crippen LogP contribution in [0.5, 0.6) is 0 Å². The Hall–Kier alpha value is -3.15. The highest BCUT2D eigenvalue weighted by atomic mass is 16.5. The maximum Gasteiger partial charge on any atom is 0.310 e. The quantitative estimate of drug-likeness (QED) is 0.586. The first-order valence-corrected chi connectivity index (χ1v) is 10.6. The number of amides is 2. The second kappa shape index (κ2) is 11.3. The van der Waals surface area contributed by atoms with E-state index in [9.17, 15) is 14.4 Å². The number of nitrogens with one attached hydrogen (secondary N) is 2. The van der Waals surface area contributed by atoms with Crippen molar-refractivity contribution < 1.29 is 19.1 Å². The third-order valence-electron chi connectivity index (χ3n) is 4.93. The Kier molecular flexibility index (Phi) is 8.79. The summed E-state index contributed by atoms with van der Waals surface area (Å²) < 4.78 is 5.15. The second-order valence-electron chi connectivity index (χ2n) is 8.33. The Morgan fingerprint density at radius 1 is 0.871 bits per heavy atom. The monoisotopic (exact) mass is 424 g/mol. The van der Waals surface area contributed by atoms with Crippen LogP contribution >= 0.6 is 0 Å². The summed E-state index contributed by atoms with van der Waals surface area (Å²) in [6.45, 7) is 9.47. The van der Waals surface area contributed by atoms with Crippen LogP contribution in [-0.2, 0) is 25.5 Å². The molecular formula is C25H32N2O4. The van der Waals surface area contributed by atoms with Crippen LogP contribution in [0.1, 0.15) is 63.3 Å². The van der Waals surface area contributed by atoms with E-state index in [1.54, 1.807) is 24.3 Å². The van der Waals surface area contributed by atoms with E-state index in [0.29, 0.717) is 11.6 Å². The van der Waals surface area contributed by atoms with E-state index >= 15 is 0 Å². The maximum atomic E-state index is 12.4. The zero-order valence-corrected chi connectivity index (χ0v) is 18.9. The summed E-state index contributed by atoms with van der Waals surface area (Å²) in [5.74, 6) is -0.339. The van der Waals surface area contributed by atoms with Crippen molar-refractivity contribution in [3.63, 3.8) is 0 Å². The first-order valence-electron chi connectivity index (χ1n) is 10.6. The van der Waals surface area contributed by atoms with Gasteiger partial charge in [-0.05, 0) is 40.7 Å². The molecule has 0 spiro atoms. The van der Waals surface area contributed by atoms with Crippen LogP contribution in [-0.4, -0.2) is 24.4 Å². The van der Waals surface area contributed by atoms with Crippen molar-refractivity contribution >= 4 is 23.5 Å². The Morgan fingerprint density at radius 2 is 1.45 bits per heavy atom. The minimum absolute atomic E-state index is 0.0535. The lowest BCUT2D eigenvalue weighted by molar-refractivity contribution is -0.148. The molecule has 0 radical (unpaired) electrons. The fourth-order valence-corrected chi connectivity index (χ4v) is 3.21. The van der Waals surface area contributed by atoms with E-state index < -0.39 is 5.97 Å². The van der Waals surface area contributed by atoms with E-state index in [1.807, 2.05) is 26.0 Å². The molecule has 1 atom stereocenters. The summed E-state index contributed by atoms with van der Waals surface area (Å²) in [7, 11) is 0. The summed E-state index contributed by atoms with van der Waals surface area (Å²) in [5.41, 5.74) is 3.67. The highest BCUT2D eigenvalue weighted by Gasteiger charge is 2.19. The van der Waals surface area contributed by atoms with E-state index in [4.69, 9.17) is 4.74 Å². The van der Waals surface area contributed by atoms with E-state index in [1.165, 1.54) is 12.5 Å². The number of hydrogen-bond acceptors (Lipinski definition) is 4. The van der Waals surface area contributed by atoms with Crippen molar-refractivity contribution in [3.05, 3.63) is 65.2 Å². The SMILES string of the molecule is CC(=O)Nc1ccc(CC(=O)OCC(=O)N[C@@H](c2ccc(C(C)C)cc2)C(C)C)cc1. The van der Waals surface area contributed by atoms with Crippen LogP contribution in [0, 0.1) is 5.92 Å². The summed E-state index contributed by atoms with van der Waals surface area (Å²) in [4.78, 5) is 35.5. The van der Waals surface area contributed by atoms with Gasteiger partial charge in [0, 0.05) is 12.6 Å². The molecule has 2 rings (SSSR count). The zero-order valence-electron chi connectivity index (χ0n) is 18.9. The predicted molar refractivity (Wildman–Crippen MR) is 122 cm³/mol. The molecule has 0 aliphatic heterocycles. The Morgan fingerprint density at radius 3 is 1.97 bits per heavy atom. The van der Waals surface area contributed by atoms with Crippen molar-refractivity contribution in [1.29, 1.82) is 0 Å². The maximum absolute atomic E-state index is 12.4. The van der Waals surface area contributed by atoms with Gasteiger partial charge >= 0.3 is 5.97 Å². The summed E-state index contributed by atoms with van der Waals surface area (Å²) in [6.07, 6.45) is 0.0535. The van der Waals surface area contributed by atoms with Crippen LogP contribution in [0.4, 0.5) is 5.69 Å². The Bertz CT molecular complexity index is 887. The molecule has 0 saturated carbocycles. The first kappa shape index (κ1) is 24.1. The van der Waals surface area contributed by atoms with Gasteiger partial charge in [0.15, 0.2) is 6.61 Å². The van der Waals surface area contributed by atoms with Gasteiger partial charge in [-0.2, -0.15) is 0 Å². The number of hydrogen-bond donors (Lipinski definition) is 2. The third kappa shape index (κ3) is 7.89. The van der Waals surface area contributed by atoms with Crippen LogP contribution < -0.4 is 10.6 Å². The fourth-order valence-electron chi connectivity index (χ4n) is 3.21. The molecule has 0 heterocycles. The van der Waals surface area contributed by atoms with Gasteiger partial charge in [0.2, 0.25) is 5.91 Å². The molecule has 0 aliphatic rings. The van der Waals surface area contributed by atoms with Crippen molar-refractivity contribution in [2.75, 3.05) is 11.9 Å². The minimum Gasteiger partial charge on any atom is -0.455 e. The number of carbonyl (C=O) groups excluding carboxylic acids is 3. The van der Waals surface area contributed by atoms with Crippen LogP contribution in [0.2, 0.25) is 0 Å². The topological polar surface area (TPSA) is 84.5 Å². The van der Waals surface area contributed by atoms with Crippen molar-refractivity contribution in [2.45, 2.75) is 53.0 Å². The second-order valence-corrected chi connectivity index (χ2v) is 8.33. The molecule has 0 fully saturated rings. The fraction of sp³-hybridized carbons (Fsp3) is 0.400. The molecule has 31 heavy (non-hydrogen) atoms. The highest BCUT2D eigenvalue weighted by molar-refractivity contribution is 5.88. The average molecular weight is 425 g/mol. The predicted octanol–water partition coefficient (Wildman–Crippen LogP) is 4.37. The van der Waals surface area contributed by atoms with Crippen molar-refractivity contribution in [3.8, 4) is 0 Å². The molecule has 0 saturated heterocycles. The summed E-state index contributed by atoms with van der Waals surface area (Å²) in [6, 6.07) is 15.0. The zero-order chi connectivity index (χ0) is 23.0. The van der Waals surface area contributed by atoms with Crippen LogP contribution in [0.15, 0.2) is 48.5 Å². The van der Waals surface area contributed by atoms with E-state index in [0.717, 1.165) is 11.1 Å². The number of esters is 1. The third-order valence-corrected chi connectivity index (χ3v) is 4.93. The van der Waals surface area contributed by atoms with Gasteiger partial charge in [0.1, 0.15) is 0 Å². The molecule has 6 heteroatoms. The lowest BCUT2D eigenvalue weighted by Gasteiger charge is -2.23. The lowest BCUT2D eigenvalue weighted by Crippen LogP contribution is -2.35. The molecule has 2 aromatic rings. The number of anilines is 1. The normalized spacial score (nSPS) is 11.8. The lowest BCUT2D eigenvalue weighted by atomic mass is 9.93. The molecule has 0 unspecified atom stereocenters. The molecule has 2 aromatic carbocycles. The molecule has 2 amide bonds. The minimum atomic E-state index is -0.482. The summed E-state index contributed by atoms with van der Waals surface area (Å²) >= 11 is 0. The highest BCUT2D eigenvalue weighted by Crippen LogP contribution is 2.24. The molecular weight excluding hydrogens is 392 g/mol. The Labute approximate surface area is 184 Å². The number of rotatable bonds is 9. The van der Waals surface area contributed by atoms with Gasteiger partial charge in [-0.3, -0.25) is 14.4 Å². The standard InChI is InChI=1S/C25H32N2O4/c1-16(2)20-8-10-21(11-9-20)25(17(3)4)27-23(29)15-31-24(30)14-19-6-12-22(13-7-19)26-18(5)28/h6-13,16-17,25H,14-15H2,1-5H3,(H,26,28)(H,27,29)/t25-/m1/s1. The van der Waals surface area contributed by atoms with E-state index in [2.05, 4.69) is 36.6 Å². The van der Waals surface area contributed by atoms with Gasteiger partial charge in [-0.25, -0.2) is 0 Å². The molecule has 0 aliphatic carbocycles. The first-order chi connectivity index (χ1) is 14.7. The molecule has 0 aromatic heterocycles. The molecule has 6 nitrogen and oxygen atoms in total. The largest absolute Gasteiger partial charge is 0.455 e. The van der Waals surface area contributed by atoms with Crippen LogP contribution in [0.25, 0.3) is 0 Å². The van der Waals surface area contributed by atoms with Gasteiger partial charge in [-0.1, -0.05) is 64.1 Å². The van der Waals surface area contributed by atoms with Crippen molar-refractivity contribution in [2.24, 2.45) is 5.92 Å². The van der Waals surface area contributed by atoms with E-state index in [-0.39, 0.29) is 36.8 Å². The van der Waals surface area contributed by atoms with Gasteiger partial charge in [0.05, 0.1) is 12.5 Å². The van der Waals surface area contributed by atoms with Crippen molar-refractivity contribution in [1.82, 2.24) is 5.32 Å². The summed E-state index contributed by atoms with van der Waals surface area (Å²) in [5, 5.41) is 5.64. The van der Waals surface area contributed by atoms with Gasteiger partial charge < -0.3 is 15.4 Å². The average Bonchev–Trinajstić information content (AvgIpc) is 2.71. The van der Waals surface area contributed by atoms with Crippen LogP contribution in [0.3, 0.4) is 0 Å². The molecule has 166 valence electrons. The number of carbonyl (C=O) groups is 3. The smallest absolute Gasteiger partial charge is 0.310 e. The number of benzene rings is 2. The molecule has 2 N–H and O–H groups in total. The van der Waals surface area contributed by atoms with Gasteiger partial charge in [-0.15, -0.1) is 0 Å². The molecule has 0 bridgehead atoms.